The van der Waals surface area contributed by atoms with Gasteiger partial charge in [-0.1, -0.05) is 35.0 Å². The number of carboxylic acid groups (broad SMARTS) is 1. The number of carboxylic acids is 1. The lowest BCUT2D eigenvalue weighted by Crippen LogP contribution is -2.10. The number of halogens is 2. The minimum absolute atomic E-state index is 0.229. The molecule has 0 aliphatic rings. The fourth-order valence-corrected chi connectivity index (χ4v) is 4.83. The van der Waals surface area contributed by atoms with E-state index in [-0.39, 0.29) is 6.54 Å². The first-order valence-corrected chi connectivity index (χ1v) is 10.8. The number of rotatable bonds is 5. The average Bonchev–Trinajstić information content (AvgIpc) is 3.36. The molecular weight excluding hydrogens is 455 g/mol. The summed E-state index contributed by atoms with van der Waals surface area (Å²) >= 11 is 14.0. The molecule has 3 heterocycles. The van der Waals surface area contributed by atoms with Crippen LogP contribution in [0.5, 0.6) is 0 Å². The van der Waals surface area contributed by atoms with Crippen LogP contribution in [-0.4, -0.2) is 30.6 Å². The van der Waals surface area contributed by atoms with Crippen molar-refractivity contribution in [3.05, 3.63) is 71.0 Å². The van der Waals surface area contributed by atoms with Gasteiger partial charge in [-0.15, -0.1) is 0 Å². The van der Waals surface area contributed by atoms with Crippen molar-refractivity contribution in [1.82, 2.24) is 19.5 Å². The molecule has 0 aliphatic carbocycles. The summed E-state index contributed by atoms with van der Waals surface area (Å²) in [6, 6.07) is 14.7. The van der Waals surface area contributed by atoms with Crippen LogP contribution < -0.4 is 0 Å². The predicted octanol–water partition coefficient (Wildman–Crippen LogP) is 6.12. The first kappa shape index (κ1) is 19.9. The second-order valence-electron chi connectivity index (χ2n) is 6.81. The highest BCUT2D eigenvalue weighted by molar-refractivity contribution is 7.99. The van der Waals surface area contributed by atoms with Crippen LogP contribution in [-0.2, 0) is 11.3 Å². The number of aliphatic carboxylic acids is 1. The Bertz CT molecular complexity index is 1440. The summed E-state index contributed by atoms with van der Waals surface area (Å²) in [5, 5.41) is 11.6. The standard InChI is InChI=1S/C22H14Cl2N4O2S/c23-12-1-3-13(4-2-12)31-20-16(24)5-6-17-19(20)27-22(28(17)11-18(29)30)15-8-10-26-21-14(15)7-9-25-21/h1-10H,11H2,(H,25,26)(H,29,30). The van der Waals surface area contributed by atoms with Crippen molar-refractivity contribution in [3.63, 3.8) is 0 Å². The molecule has 3 aromatic heterocycles. The summed E-state index contributed by atoms with van der Waals surface area (Å²) in [6.45, 7) is -0.229. The quantitative estimate of drug-likeness (QED) is 0.324. The highest BCUT2D eigenvalue weighted by Crippen LogP contribution is 2.41. The molecular formula is C22H14Cl2N4O2S. The molecule has 0 bridgehead atoms. The number of nitrogens with one attached hydrogen (secondary N) is 1. The molecule has 0 spiro atoms. The Morgan fingerprint density at radius 2 is 1.90 bits per heavy atom. The minimum Gasteiger partial charge on any atom is -0.480 e. The van der Waals surface area contributed by atoms with Gasteiger partial charge >= 0.3 is 5.97 Å². The normalized spacial score (nSPS) is 11.4. The van der Waals surface area contributed by atoms with Gasteiger partial charge in [-0.25, -0.2) is 9.97 Å². The molecule has 2 aromatic carbocycles. The maximum Gasteiger partial charge on any atom is 0.323 e. The van der Waals surface area contributed by atoms with Gasteiger partial charge in [-0.2, -0.15) is 0 Å². The largest absolute Gasteiger partial charge is 0.480 e. The Morgan fingerprint density at radius 1 is 1.10 bits per heavy atom. The third kappa shape index (κ3) is 3.65. The Kier molecular flexibility index (Phi) is 5.09. The summed E-state index contributed by atoms with van der Waals surface area (Å²) in [7, 11) is 0. The number of aromatic amines is 1. The second-order valence-corrected chi connectivity index (χ2v) is 8.74. The second kappa shape index (κ2) is 7.92. The number of nitrogens with zero attached hydrogens (tertiary/aromatic N) is 3. The molecule has 0 unspecified atom stereocenters. The summed E-state index contributed by atoms with van der Waals surface area (Å²) < 4.78 is 1.70. The maximum absolute atomic E-state index is 11.7. The molecule has 0 radical (unpaired) electrons. The lowest BCUT2D eigenvalue weighted by atomic mass is 10.2. The van der Waals surface area contributed by atoms with E-state index < -0.39 is 5.97 Å². The smallest absolute Gasteiger partial charge is 0.323 e. The Balaban J connectivity index is 1.75. The number of H-pyrrole nitrogens is 1. The molecule has 2 N–H and O–H groups in total. The first-order chi connectivity index (χ1) is 15.0. The monoisotopic (exact) mass is 468 g/mol. The summed E-state index contributed by atoms with van der Waals surface area (Å²) in [5.41, 5.74) is 2.84. The fraction of sp³-hybridized carbons (Fsp3) is 0.0455. The third-order valence-electron chi connectivity index (χ3n) is 4.85. The zero-order valence-electron chi connectivity index (χ0n) is 15.8. The topological polar surface area (TPSA) is 83.8 Å². The molecule has 31 heavy (non-hydrogen) atoms. The van der Waals surface area contributed by atoms with Gasteiger partial charge in [0.05, 0.1) is 15.4 Å². The van der Waals surface area contributed by atoms with Gasteiger partial charge in [-0.05, 0) is 48.5 Å². The van der Waals surface area contributed by atoms with E-state index in [4.69, 9.17) is 28.2 Å². The minimum atomic E-state index is -0.957. The van der Waals surface area contributed by atoms with Crippen LogP contribution in [0.1, 0.15) is 0 Å². The molecule has 154 valence electrons. The summed E-state index contributed by atoms with van der Waals surface area (Å²) in [6.07, 6.45) is 3.47. The van der Waals surface area contributed by atoms with Crippen LogP contribution >= 0.6 is 35.0 Å². The van der Waals surface area contributed by atoms with Gasteiger partial charge in [-0.3, -0.25) is 4.79 Å². The van der Waals surface area contributed by atoms with Crippen LogP contribution in [0.25, 0.3) is 33.5 Å². The first-order valence-electron chi connectivity index (χ1n) is 9.27. The highest BCUT2D eigenvalue weighted by atomic mass is 35.5. The zero-order valence-corrected chi connectivity index (χ0v) is 18.2. The number of hydrogen-bond donors (Lipinski definition) is 2. The SMILES string of the molecule is O=C(O)Cn1c(-c2ccnc3[nH]ccc23)nc2c(Sc3ccc(Cl)cc3)c(Cl)ccc21. The van der Waals surface area contributed by atoms with E-state index in [2.05, 4.69) is 9.97 Å². The van der Waals surface area contributed by atoms with Gasteiger partial charge in [0.2, 0.25) is 0 Å². The molecule has 6 nitrogen and oxygen atoms in total. The van der Waals surface area contributed by atoms with E-state index in [0.29, 0.717) is 32.6 Å². The van der Waals surface area contributed by atoms with E-state index in [1.165, 1.54) is 11.8 Å². The van der Waals surface area contributed by atoms with Crippen molar-refractivity contribution in [1.29, 1.82) is 0 Å². The van der Waals surface area contributed by atoms with Crippen molar-refractivity contribution in [2.75, 3.05) is 0 Å². The molecule has 0 saturated carbocycles. The van der Waals surface area contributed by atoms with E-state index in [1.54, 1.807) is 29.1 Å². The van der Waals surface area contributed by atoms with E-state index in [9.17, 15) is 9.90 Å². The Labute approximate surface area is 190 Å². The molecule has 0 saturated heterocycles. The maximum atomic E-state index is 11.7. The number of fused-ring (bicyclic) bond motifs is 2. The molecule has 0 amide bonds. The van der Waals surface area contributed by atoms with Gasteiger partial charge in [0.15, 0.2) is 0 Å². The Morgan fingerprint density at radius 3 is 2.68 bits per heavy atom. The van der Waals surface area contributed by atoms with Crippen molar-refractivity contribution < 1.29 is 9.90 Å². The van der Waals surface area contributed by atoms with Crippen molar-refractivity contribution in [2.24, 2.45) is 0 Å². The number of hydrogen-bond acceptors (Lipinski definition) is 4. The molecule has 0 aliphatic heterocycles. The fourth-order valence-electron chi connectivity index (χ4n) is 3.52. The predicted molar refractivity (Wildman–Crippen MR) is 123 cm³/mol. The lowest BCUT2D eigenvalue weighted by Gasteiger charge is -2.08. The van der Waals surface area contributed by atoms with Gasteiger partial charge in [0.25, 0.3) is 0 Å². The number of aromatic nitrogens is 4. The van der Waals surface area contributed by atoms with Crippen LogP contribution in [0.15, 0.2) is 70.7 Å². The number of pyridine rings is 1. The molecule has 0 fully saturated rings. The number of benzene rings is 2. The number of imidazole rings is 1. The average molecular weight is 469 g/mol. The summed E-state index contributed by atoms with van der Waals surface area (Å²) in [5.74, 6) is -0.411. The number of carbonyl (C=O) groups is 1. The Hall–Kier alpha value is -3.00. The molecule has 0 atom stereocenters. The van der Waals surface area contributed by atoms with E-state index in [1.807, 2.05) is 36.4 Å². The van der Waals surface area contributed by atoms with Crippen molar-refractivity contribution in [2.45, 2.75) is 16.3 Å². The summed E-state index contributed by atoms with van der Waals surface area (Å²) in [4.78, 5) is 25.6. The van der Waals surface area contributed by atoms with Gasteiger partial charge < -0.3 is 14.7 Å². The zero-order chi connectivity index (χ0) is 21.5. The van der Waals surface area contributed by atoms with Gasteiger partial charge in [0.1, 0.15) is 23.5 Å². The molecule has 9 heteroatoms. The molecule has 5 rings (SSSR count). The lowest BCUT2D eigenvalue weighted by molar-refractivity contribution is -0.137. The van der Waals surface area contributed by atoms with Crippen LogP contribution in [0.4, 0.5) is 0 Å². The third-order valence-corrected chi connectivity index (χ3v) is 6.66. The van der Waals surface area contributed by atoms with Gasteiger partial charge in [0, 0.05) is 33.3 Å². The van der Waals surface area contributed by atoms with Crippen LogP contribution in [0.2, 0.25) is 10.0 Å². The van der Waals surface area contributed by atoms with Crippen LogP contribution in [0, 0.1) is 0 Å². The van der Waals surface area contributed by atoms with Crippen LogP contribution in [0.3, 0.4) is 0 Å². The van der Waals surface area contributed by atoms with E-state index in [0.717, 1.165) is 20.7 Å². The van der Waals surface area contributed by atoms with Crippen molar-refractivity contribution in [3.8, 4) is 11.4 Å². The van der Waals surface area contributed by atoms with E-state index >= 15 is 0 Å². The van der Waals surface area contributed by atoms with Crippen molar-refractivity contribution >= 4 is 63.0 Å². The molecule has 5 aromatic rings. The highest BCUT2D eigenvalue weighted by Gasteiger charge is 2.21.